The van der Waals surface area contributed by atoms with E-state index in [9.17, 15) is 9.59 Å². The van der Waals surface area contributed by atoms with Crippen molar-refractivity contribution in [3.8, 4) is 0 Å². The number of aromatic nitrogens is 4. The van der Waals surface area contributed by atoms with Crippen LogP contribution in [0, 0.1) is 5.92 Å². The van der Waals surface area contributed by atoms with E-state index in [1.54, 1.807) is 11.6 Å². The fourth-order valence-corrected chi connectivity index (χ4v) is 3.85. The van der Waals surface area contributed by atoms with Crippen LogP contribution in [0.15, 0.2) is 46.8 Å². The second-order valence-corrected chi connectivity index (χ2v) is 7.62. The van der Waals surface area contributed by atoms with Crippen molar-refractivity contribution >= 4 is 33.2 Å². The Morgan fingerprint density at radius 3 is 2.78 bits per heavy atom. The minimum Gasteiger partial charge on any atom is -0.342 e. The summed E-state index contributed by atoms with van der Waals surface area (Å²) in [6, 6.07) is 7.49. The van der Waals surface area contributed by atoms with Gasteiger partial charge in [-0.2, -0.15) is 0 Å². The first-order valence-electron chi connectivity index (χ1n) is 8.64. The van der Waals surface area contributed by atoms with Gasteiger partial charge >= 0.3 is 0 Å². The third-order valence-corrected chi connectivity index (χ3v) is 5.41. The van der Waals surface area contributed by atoms with E-state index in [1.165, 1.54) is 21.9 Å². The predicted molar refractivity (Wildman–Crippen MR) is 105 cm³/mol. The van der Waals surface area contributed by atoms with Gasteiger partial charge in [-0.1, -0.05) is 26.0 Å². The molecule has 3 heterocycles. The lowest BCUT2D eigenvalue weighted by atomic mass is 10.0. The molecule has 1 amide bonds. The van der Waals surface area contributed by atoms with E-state index in [4.69, 9.17) is 4.98 Å². The van der Waals surface area contributed by atoms with Gasteiger partial charge in [0.2, 0.25) is 0 Å². The molecular weight excluding hydrogens is 362 g/mol. The lowest BCUT2D eigenvalue weighted by Crippen LogP contribution is -2.37. The van der Waals surface area contributed by atoms with Crippen molar-refractivity contribution in [2.24, 2.45) is 13.0 Å². The lowest BCUT2D eigenvalue weighted by molar-refractivity contribution is 0.0920. The summed E-state index contributed by atoms with van der Waals surface area (Å²) in [5.41, 5.74) is 1.52. The molecule has 0 fully saturated rings. The lowest BCUT2D eigenvalue weighted by Gasteiger charge is -2.22. The highest BCUT2D eigenvalue weighted by molar-refractivity contribution is 7.15. The molecule has 0 radical (unpaired) electrons. The van der Waals surface area contributed by atoms with Gasteiger partial charge in [-0.15, -0.1) is 11.3 Å². The number of hydrogen-bond donors (Lipinski definition) is 1. The summed E-state index contributed by atoms with van der Waals surface area (Å²) in [5.74, 6) is 0.396. The second-order valence-electron chi connectivity index (χ2n) is 6.75. The number of nitrogens with zero attached hydrogens (tertiary/aromatic N) is 4. The Morgan fingerprint density at radius 1 is 1.26 bits per heavy atom. The van der Waals surface area contributed by atoms with Crippen molar-refractivity contribution in [1.29, 1.82) is 0 Å². The quantitative estimate of drug-likeness (QED) is 0.589. The Balaban J connectivity index is 1.72. The van der Waals surface area contributed by atoms with Crippen LogP contribution in [0.5, 0.6) is 0 Å². The zero-order chi connectivity index (χ0) is 19.1. The topological polar surface area (TPSA) is 81.3 Å². The minimum absolute atomic E-state index is 0.0234. The van der Waals surface area contributed by atoms with Crippen LogP contribution in [0.25, 0.3) is 16.0 Å². The van der Waals surface area contributed by atoms with Gasteiger partial charge in [0.05, 0.1) is 17.1 Å². The summed E-state index contributed by atoms with van der Waals surface area (Å²) >= 11 is 1.35. The number of benzene rings is 1. The number of aryl methyl sites for hydroxylation is 1. The van der Waals surface area contributed by atoms with Gasteiger partial charge in [-0.25, -0.2) is 9.97 Å². The third kappa shape index (κ3) is 2.91. The Morgan fingerprint density at radius 2 is 2.04 bits per heavy atom. The molecule has 8 heteroatoms. The summed E-state index contributed by atoms with van der Waals surface area (Å²) in [4.78, 5) is 34.9. The van der Waals surface area contributed by atoms with E-state index in [0.717, 1.165) is 16.9 Å². The molecule has 0 saturated heterocycles. The number of carbonyl (C=O) groups is 1. The van der Waals surface area contributed by atoms with E-state index in [0.29, 0.717) is 4.96 Å². The summed E-state index contributed by atoms with van der Waals surface area (Å²) < 4.78 is 3.37. The molecular formula is C19H19N5O2S. The molecule has 4 rings (SSSR count). The molecule has 1 aromatic carbocycles. The largest absolute Gasteiger partial charge is 0.342 e. The van der Waals surface area contributed by atoms with Gasteiger partial charge in [0, 0.05) is 24.8 Å². The number of thiazole rings is 1. The normalized spacial score (nSPS) is 12.7. The van der Waals surface area contributed by atoms with Crippen molar-refractivity contribution in [1.82, 2.24) is 24.3 Å². The van der Waals surface area contributed by atoms with Crippen molar-refractivity contribution in [3.63, 3.8) is 0 Å². The third-order valence-electron chi connectivity index (χ3n) is 4.64. The molecule has 0 aliphatic carbocycles. The molecule has 1 N–H and O–H groups in total. The minimum atomic E-state index is -0.446. The van der Waals surface area contributed by atoms with E-state index in [2.05, 4.69) is 10.3 Å². The first-order chi connectivity index (χ1) is 13.0. The average molecular weight is 381 g/mol. The van der Waals surface area contributed by atoms with Gasteiger partial charge in [-0.3, -0.25) is 14.0 Å². The van der Waals surface area contributed by atoms with Crippen LogP contribution >= 0.6 is 11.3 Å². The van der Waals surface area contributed by atoms with Crippen LogP contribution in [0.2, 0.25) is 0 Å². The molecule has 3 aromatic heterocycles. The number of para-hydroxylation sites is 2. The van der Waals surface area contributed by atoms with Crippen molar-refractivity contribution in [2.75, 3.05) is 0 Å². The van der Waals surface area contributed by atoms with Crippen LogP contribution in [0.3, 0.4) is 0 Å². The number of carbonyl (C=O) groups excluding carboxylic acids is 1. The molecule has 1 unspecified atom stereocenters. The van der Waals surface area contributed by atoms with Crippen LogP contribution < -0.4 is 10.9 Å². The number of nitrogens with one attached hydrogen (secondary N) is 1. The molecule has 4 aromatic rings. The van der Waals surface area contributed by atoms with E-state index in [-0.39, 0.29) is 23.1 Å². The number of imidazole rings is 1. The summed E-state index contributed by atoms with van der Waals surface area (Å²) in [6.45, 7) is 4.02. The van der Waals surface area contributed by atoms with Crippen molar-refractivity contribution in [2.45, 2.75) is 19.9 Å². The van der Waals surface area contributed by atoms with Crippen LogP contribution in [-0.4, -0.2) is 24.8 Å². The van der Waals surface area contributed by atoms with Crippen molar-refractivity contribution < 1.29 is 4.79 Å². The average Bonchev–Trinajstić information content (AvgIpc) is 3.25. The molecule has 0 aliphatic rings. The van der Waals surface area contributed by atoms with Gasteiger partial charge in [-0.05, 0) is 18.1 Å². The Kier molecular flexibility index (Phi) is 4.27. The molecule has 27 heavy (non-hydrogen) atoms. The number of hydrogen-bond acceptors (Lipinski definition) is 5. The molecule has 0 bridgehead atoms. The SMILES string of the molecule is CC(C)C(NC(=O)c1cnc2sccn2c1=O)c1nc2ccccc2n1C. The second kappa shape index (κ2) is 6.62. The van der Waals surface area contributed by atoms with E-state index < -0.39 is 5.91 Å². The Labute approximate surface area is 159 Å². The maximum absolute atomic E-state index is 12.8. The Bertz CT molecular complexity index is 1200. The number of fused-ring (bicyclic) bond motifs is 2. The predicted octanol–water partition coefficient (Wildman–Crippen LogP) is 2.77. The smallest absolute Gasteiger partial charge is 0.271 e. The Hall–Kier alpha value is -3.00. The summed E-state index contributed by atoms with van der Waals surface area (Å²) in [5, 5.41) is 4.74. The van der Waals surface area contributed by atoms with E-state index >= 15 is 0 Å². The zero-order valence-electron chi connectivity index (χ0n) is 15.2. The van der Waals surface area contributed by atoms with Gasteiger partial charge in [0.15, 0.2) is 4.96 Å². The molecule has 1 atom stereocenters. The standard InChI is InChI=1S/C19H19N5O2S/c1-11(2)15(16-21-13-6-4-5-7-14(13)23(16)3)22-17(25)12-10-20-19-24(18(12)26)8-9-27-19/h4-11,15H,1-3H3,(H,22,25). The van der Waals surface area contributed by atoms with Crippen LogP contribution in [-0.2, 0) is 7.05 Å². The summed E-state index contributed by atoms with van der Waals surface area (Å²) in [6.07, 6.45) is 2.97. The molecule has 0 spiro atoms. The first-order valence-corrected chi connectivity index (χ1v) is 9.52. The summed E-state index contributed by atoms with van der Waals surface area (Å²) in [7, 11) is 1.93. The highest BCUT2D eigenvalue weighted by Crippen LogP contribution is 2.25. The van der Waals surface area contributed by atoms with Crippen LogP contribution in [0.1, 0.15) is 36.1 Å². The molecule has 0 aliphatic heterocycles. The maximum atomic E-state index is 12.8. The fraction of sp³-hybridized carbons (Fsp3) is 0.263. The molecule has 7 nitrogen and oxygen atoms in total. The molecule has 138 valence electrons. The van der Waals surface area contributed by atoms with Gasteiger partial charge < -0.3 is 9.88 Å². The van der Waals surface area contributed by atoms with Crippen LogP contribution in [0.4, 0.5) is 0 Å². The van der Waals surface area contributed by atoms with Crippen molar-refractivity contribution in [3.05, 3.63) is 63.8 Å². The highest BCUT2D eigenvalue weighted by atomic mass is 32.1. The van der Waals surface area contributed by atoms with Gasteiger partial charge in [0.25, 0.3) is 11.5 Å². The number of rotatable bonds is 4. The monoisotopic (exact) mass is 381 g/mol. The fourth-order valence-electron chi connectivity index (χ4n) is 3.17. The maximum Gasteiger partial charge on any atom is 0.271 e. The van der Waals surface area contributed by atoms with Gasteiger partial charge in [0.1, 0.15) is 11.4 Å². The first kappa shape index (κ1) is 17.4. The highest BCUT2D eigenvalue weighted by Gasteiger charge is 2.25. The molecule has 0 saturated carbocycles. The van der Waals surface area contributed by atoms with E-state index in [1.807, 2.05) is 49.7 Å². The number of amides is 1. The zero-order valence-corrected chi connectivity index (χ0v) is 16.0.